The van der Waals surface area contributed by atoms with Gasteiger partial charge in [0.1, 0.15) is 0 Å². The molecule has 1 saturated carbocycles. The number of benzene rings is 2. The van der Waals surface area contributed by atoms with Gasteiger partial charge in [-0.3, -0.25) is 0 Å². The summed E-state index contributed by atoms with van der Waals surface area (Å²) in [5.74, 6) is 0.793. The van der Waals surface area contributed by atoms with Gasteiger partial charge in [-0.25, -0.2) is 0 Å². The van der Waals surface area contributed by atoms with E-state index in [1.807, 2.05) is 7.05 Å². The largest absolute Gasteiger partial charge is 0.313 e. The maximum absolute atomic E-state index is 6.43. The minimum absolute atomic E-state index is 0.271. The molecule has 0 spiro atoms. The first-order chi connectivity index (χ1) is 10.2. The highest BCUT2D eigenvalue weighted by atomic mass is 35.5. The van der Waals surface area contributed by atoms with Crippen molar-refractivity contribution in [2.24, 2.45) is 0 Å². The van der Waals surface area contributed by atoms with Crippen LogP contribution in [0.1, 0.15) is 49.3 Å². The summed E-state index contributed by atoms with van der Waals surface area (Å²) in [5, 5.41) is 4.06. The van der Waals surface area contributed by atoms with E-state index in [0.29, 0.717) is 0 Å². The van der Waals surface area contributed by atoms with Gasteiger partial charge in [-0.05, 0) is 61.1 Å². The normalized spacial score (nSPS) is 16.5. The van der Waals surface area contributed by atoms with E-state index in [1.54, 1.807) is 0 Å². The molecule has 1 unspecified atom stereocenters. The molecule has 1 atom stereocenters. The Morgan fingerprint density at radius 2 is 1.71 bits per heavy atom. The molecule has 1 N–H and O–H groups in total. The van der Waals surface area contributed by atoms with Gasteiger partial charge >= 0.3 is 0 Å². The standard InChI is InChI=1S/C19H22ClN/c1-13(21-2)18-11-10-17(12-19(18)20)16-8-6-15(7-9-16)14-4-3-5-14/h6-14,21H,3-5H2,1-2H3. The predicted octanol–water partition coefficient (Wildman–Crippen LogP) is 5.55. The lowest BCUT2D eigenvalue weighted by atomic mass is 9.80. The van der Waals surface area contributed by atoms with Crippen molar-refractivity contribution in [2.75, 3.05) is 7.05 Å². The van der Waals surface area contributed by atoms with E-state index in [4.69, 9.17) is 11.6 Å². The quantitative estimate of drug-likeness (QED) is 0.780. The molecule has 0 bridgehead atoms. The fourth-order valence-corrected chi connectivity index (χ4v) is 3.25. The Labute approximate surface area is 132 Å². The van der Waals surface area contributed by atoms with E-state index in [9.17, 15) is 0 Å². The van der Waals surface area contributed by atoms with Crippen LogP contribution in [0.3, 0.4) is 0 Å². The zero-order valence-corrected chi connectivity index (χ0v) is 13.5. The van der Waals surface area contributed by atoms with Gasteiger partial charge in [0.05, 0.1) is 0 Å². The van der Waals surface area contributed by atoms with E-state index in [2.05, 4.69) is 54.7 Å². The predicted molar refractivity (Wildman–Crippen MR) is 91.0 cm³/mol. The molecule has 0 aromatic heterocycles. The highest BCUT2D eigenvalue weighted by Gasteiger charge is 2.19. The fourth-order valence-electron chi connectivity index (χ4n) is 2.90. The lowest BCUT2D eigenvalue weighted by Crippen LogP contribution is -2.12. The first-order valence-corrected chi connectivity index (χ1v) is 8.14. The van der Waals surface area contributed by atoms with Gasteiger partial charge in [-0.15, -0.1) is 0 Å². The third kappa shape index (κ3) is 3.00. The third-order valence-electron chi connectivity index (χ3n) is 4.72. The summed E-state index contributed by atoms with van der Waals surface area (Å²) in [6.45, 7) is 2.12. The maximum atomic E-state index is 6.43. The van der Waals surface area contributed by atoms with Crippen LogP contribution in [-0.4, -0.2) is 7.05 Å². The molecule has 21 heavy (non-hydrogen) atoms. The lowest BCUT2D eigenvalue weighted by molar-refractivity contribution is 0.420. The van der Waals surface area contributed by atoms with E-state index in [-0.39, 0.29) is 6.04 Å². The van der Waals surface area contributed by atoms with Crippen molar-refractivity contribution in [3.8, 4) is 11.1 Å². The SMILES string of the molecule is CNC(C)c1ccc(-c2ccc(C3CCC3)cc2)cc1Cl. The molecule has 2 aromatic rings. The van der Waals surface area contributed by atoms with E-state index in [1.165, 1.54) is 36.0 Å². The lowest BCUT2D eigenvalue weighted by Gasteiger charge is -2.25. The van der Waals surface area contributed by atoms with Crippen LogP contribution in [0.4, 0.5) is 0 Å². The summed E-state index contributed by atoms with van der Waals surface area (Å²) in [7, 11) is 1.95. The minimum atomic E-state index is 0.271. The summed E-state index contributed by atoms with van der Waals surface area (Å²) in [6, 6.07) is 15.6. The van der Waals surface area contributed by atoms with E-state index in [0.717, 1.165) is 16.5 Å². The summed E-state index contributed by atoms with van der Waals surface area (Å²) in [5.41, 5.74) is 5.06. The van der Waals surface area contributed by atoms with Crippen LogP contribution in [-0.2, 0) is 0 Å². The number of hydrogen-bond acceptors (Lipinski definition) is 1. The minimum Gasteiger partial charge on any atom is -0.313 e. The molecule has 1 fully saturated rings. The zero-order valence-electron chi connectivity index (χ0n) is 12.7. The number of halogens is 1. The summed E-state index contributed by atoms with van der Waals surface area (Å²) >= 11 is 6.43. The Morgan fingerprint density at radius 3 is 2.24 bits per heavy atom. The smallest absolute Gasteiger partial charge is 0.0459 e. The Hall–Kier alpha value is -1.31. The molecule has 0 radical (unpaired) electrons. The number of nitrogens with one attached hydrogen (secondary N) is 1. The maximum Gasteiger partial charge on any atom is 0.0459 e. The average Bonchev–Trinajstić information content (AvgIpc) is 2.45. The van der Waals surface area contributed by atoms with Crippen LogP contribution in [0.15, 0.2) is 42.5 Å². The topological polar surface area (TPSA) is 12.0 Å². The molecule has 0 heterocycles. The second kappa shape index (κ2) is 6.21. The molecule has 2 heteroatoms. The monoisotopic (exact) mass is 299 g/mol. The van der Waals surface area contributed by atoms with Gasteiger partial charge in [-0.1, -0.05) is 54.4 Å². The van der Waals surface area contributed by atoms with Gasteiger partial charge in [0, 0.05) is 11.1 Å². The Morgan fingerprint density at radius 1 is 1.05 bits per heavy atom. The molecule has 0 amide bonds. The van der Waals surface area contributed by atoms with Gasteiger partial charge < -0.3 is 5.32 Å². The third-order valence-corrected chi connectivity index (χ3v) is 5.05. The second-order valence-electron chi connectivity index (χ2n) is 6.00. The molecule has 1 aliphatic carbocycles. The Balaban J connectivity index is 1.84. The molecule has 3 rings (SSSR count). The van der Waals surface area contributed by atoms with E-state index < -0.39 is 0 Å². The fraction of sp³-hybridized carbons (Fsp3) is 0.368. The summed E-state index contributed by atoms with van der Waals surface area (Å²) in [4.78, 5) is 0. The van der Waals surface area contributed by atoms with Crippen LogP contribution >= 0.6 is 11.6 Å². The molecule has 0 aliphatic heterocycles. The highest BCUT2D eigenvalue weighted by Crippen LogP contribution is 2.37. The van der Waals surface area contributed by atoms with Crippen molar-refractivity contribution in [1.82, 2.24) is 5.32 Å². The molecule has 0 saturated heterocycles. The zero-order chi connectivity index (χ0) is 14.8. The van der Waals surface area contributed by atoms with Crippen LogP contribution in [0.25, 0.3) is 11.1 Å². The molecule has 1 nitrogen and oxygen atoms in total. The van der Waals surface area contributed by atoms with Crippen LogP contribution in [0, 0.1) is 0 Å². The van der Waals surface area contributed by atoms with Gasteiger partial charge in [-0.2, -0.15) is 0 Å². The first-order valence-electron chi connectivity index (χ1n) is 7.76. The summed E-state index contributed by atoms with van der Waals surface area (Å²) in [6.07, 6.45) is 4.08. The molecular weight excluding hydrogens is 278 g/mol. The van der Waals surface area contributed by atoms with Crippen molar-refractivity contribution >= 4 is 11.6 Å². The van der Waals surface area contributed by atoms with Crippen LogP contribution in [0.2, 0.25) is 5.02 Å². The van der Waals surface area contributed by atoms with Crippen LogP contribution < -0.4 is 5.32 Å². The van der Waals surface area contributed by atoms with Crippen molar-refractivity contribution in [3.63, 3.8) is 0 Å². The Bertz CT molecular complexity index is 614. The van der Waals surface area contributed by atoms with E-state index >= 15 is 0 Å². The molecular formula is C19H22ClN. The van der Waals surface area contributed by atoms with Gasteiger partial charge in [0.2, 0.25) is 0 Å². The number of hydrogen-bond donors (Lipinski definition) is 1. The first kappa shape index (κ1) is 14.6. The van der Waals surface area contributed by atoms with Crippen molar-refractivity contribution in [3.05, 3.63) is 58.6 Å². The highest BCUT2D eigenvalue weighted by molar-refractivity contribution is 6.31. The second-order valence-corrected chi connectivity index (χ2v) is 6.40. The molecule has 1 aliphatic rings. The van der Waals surface area contributed by atoms with Crippen molar-refractivity contribution in [1.29, 1.82) is 0 Å². The van der Waals surface area contributed by atoms with Gasteiger partial charge in [0.25, 0.3) is 0 Å². The molecule has 110 valence electrons. The Kier molecular flexibility index (Phi) is 4.32. The van der Waals surface area contributed by atoms with Gasteiger partial charge in [0.15, 0.2) is 0 Å². The summed E-state index contributed by atoms with van der Waals surface area (Å²) < 4.78 is 0. The average molecular weight is 300 g/mol. The molecule has 2 aromatic carbocycles. The van der Waals surface area contributed by atoms with Crippen molar-refractivity contribution in [2.45, 2.75) is 38.1 Å². The van der Waals surface area contributed by atoms with Crippen molar-refractivity contribution < 1.29 is 0 Å². The van der Waals surface area contributed by atoms with Crippen LogP contribution in [0.5, 0.6) is 0 Å². The number of rotatable bonds is 4.